The van der Waals surface area contributed by atoms with Crippen LogP contribution in [0.5, 0.6) is 0 Å². The fourth-order valence-corrected chi connectivity index (χ4v) is 1.30. The molecule has 0 bridgehead atoms. The Balaban J connectivity index is 2.64. The number of hydrogen-bond acceptors (Lipinski definition) is 2. The molecule has 1 aromatic rings. The smallest absolute Gasteiger partial charge is 0.251 e. The Morgan fingerprint density at radius 3 is 2.56 bits per heavy atom. The van der Waals surface area contributed by atoms with Crippen molar-refractivity contribution in [2.24, 2.45) is 5.41 Å². The third-order valence-electron chi connectivity index (χ3n) is 2.55. The Hall–Kier alpha value is -1.35. The first kappa shape index (κ1) is 12.7. The van der Waals surface area contributed by atoms with Gasteiger partial charge in [-0.2, -0.15) is 0 Å². The largest absolute Gasteiger partial charge is 0.396 e. The predicted molar refractivity (Wildman–Crippen MR) is 64.4 cm³/mol. The van der Waals surface area contributed by atoms with Gasteiger partial charge in [-0.05, 0) is 18.6 Å². The predicted octanol–water partition coefficient (Wildman–Crippen LogP) is 1.74. The SMILES string of the molecule is Cc1ccccc1C(=O)NCC(C)(C)CO. The van der Waals surface area contributed by atoms with E-state index >= 15 is 0 Å². The second kappa shape index (κ2) is 5.12. The normalized spacial score (nSPS) is 11.2. The Morgan fingerprint density at radius 1 is 1.38 bits per heavy atom. The Labute approximate surface area is 96.5 Å². The first-order chi connectivity index (χ1) is 7.46. The van der Waals surface area contributed by atoms with Gasteiger partial charge in [0.2, 0.25) is 0 Å². The van der Waals surface area contributed by atoms with E-state index in [1.165, 1.54) is 0 Å². The topological polar surface area (TPSA) is 49.3 Å². The fourth-order valence-electron chi connectivity index (χ4n) is 1.30. The van der Waals surface area contributed by atoms with Gasteiger partial charge in [0, 0.05) is 24.1 Å². The van der Waals surface area contributed by atoms with Crippen LogP contribution in [0.1, 0.15) is 29.8 Å². The number of benzene rings is 1. The minimum Gasteiger partial charge on any atom is -0.396 e. The molecule has 2 N–H and O–H groups in total. The van der Waals surface area contributed by atoms with Gasteiger partial charge in [-0.1, -0.05) is 32.0 Å². The van der Waals surface area contributed by atoms with Gasteiger partial charge in [-0.15, -0.1) is 0 Å². The minimum absolute atomic E-state index is 0.0566. The number of aryl methyl sites for hydroxylation is 1. The molecule has 0 saturated heterocycles. The van der Waals surface area contributed by atoms with Crippen molar-refractivity contribution in [3.05, 3.63) is 35.4 Å². The molecule has 0 spiro atoms. The van der Waals surface area contributed by atoms with E-state index in [0.29, 0.717) is 12.1 Å². The molecule has 0 aromatic heterocycles. The zero-order valence-electron chi connectivity index (χ0n) is 10.1. The van der Waals surface area contributed by atoms with Crippen LogP contribution in [0.2, 0.25) is 0 Å². The van der Waals surface area contributed by atoms with Gasteiger partial charge in [0.05, 0.1) is 0 Å². The van der Waals surface area contributed by atoms with Gasteiger partial charge >= 0.3 is 0 Å². The van der Waals surface area contributed by atoms with Gasteiger partial charge < -0.3 is 10.4 Å². The van der Waals surface area contributed by atoms with E-state index in [-0.39, 0.29) is 17.9 Å². The summed E-state index contributed by atoms with van der Waals surface area (Å²) in [4.78, 5) is 11.8. The summed E-state index contributed by atoms with van der Waals surface area (Å²) in [5.74, 6) is -0.0837. The molecule has 0 atom stereocenters. The van der Waals surface area contributed by atoms with E-state index in [4.69, 9.17) is 5.11 Å². The van der Waals surface area contributed by atoms with Crippen LogP contribution in [-0.4, -0.2) is 24.2 Å². The third-order valence-corrected chi connectivity index (χ3v) is 2.55. The molecule has 0 unspecified atom stereocenters. The molecule has 1 amide bonds. The zero-order chi connectivity index (χ0) is 12.2. The molecule has 0 heterocycles. The van der Waals surface area contributed by atoms with E-state index in [9.17, 15) is 4.79 Å². The van der Waals surface area contributed by atoms with Crippen molar-refractivity contribution in [2.45, 2.75) is 20.8 Å². The van der Waals surface area contributed by atoms with E-state index in [2.05, 4.69) is 5.32 Å². The number of nitrogens with one attached hydrogen (secondary N) is 1. The van der Waals surface area contributed by atoms with Crippen molar-refractivity contribution in [3.63, 3.8) is 0 Å². The van der Waals surface area contributed by atoms with Crippen LogP contribution in [0.3, 0.4) is 0 Å². The summed E-state index contributed by atoms with van der Waals surface area (Å²) < 4.78 is 0. The number of rotatable bonds is 4. The molecule has 88 valence electrons. The van der Waals surface area contributed by atoms with E-state index in [1.807, 2.05) is 39.0 Å². The van der Waals surface area contributed by atoms with Crippen molar-refractivity contribution < 1.29 is 9.90 Å². The van der Waals surface area contributed by atoms with Crippen LogP contribution in [0.25, 0.3) is 0 Å². The average molecular weight is 221 g/mol. The maximum absolute atomic E-state index is 11.8. The Bertz CT molecular complexity index is 372. The highest BCUT2D eigenvalue weighted by atomic mass is 16.3. The highest BCUT2D eigenvalue weighted by Gasteiger charge is 2.18. The number of amides is 1. The van der Waals surface area contributed by atoms with Crippen molar-refractivity contribution in [3.8, 4) is 0 Å². The lowest BCUT2D eigenvalue weighted by Gasteiger charge is -2.22. The molecule has 16 heavy (non-hydrogen) atoms. The first-order valence-corrected chi connectivity index (χ1v) is 5.41. The summed E-state index contributed by atoms with van der Waals surface area (Å²) in [7, 11) is 0. The number of aliphatic hydroxyl groups is 1. The highest BCUT2D eigenvalue weighted by Crippen LogP contribution is 2.12. The van der Waals surface area contributed by atoms with Crippen molar-refractivity contribution >= 4 is 5.91 Å². The molecule has 3 heteroatoms. The quantitative estimate of drug-likeness (QED) is 0.813. The van der Waals surface area contributed by atoms with Gasteiger partial charge in [0.1, 0.15) is 0 Å². The Morgan fingerprint density at radius 2 is 2.00 bits per heavy atom. The van der Waals surface area contributed by atoms with Gasteiger partial charge in [-0.25, -0.2) is 0 Å². The van der Waals surface area contributed by atoms with Crippen molar-refractivity contribution in [2.75, 3.05) is 13.2 Å². The number of carbonyl (C=O) groups is 1. The molecule has 0 saturated carbocycles. The van der Waals surface area contributed by atoms with E-state index in [0.717, 1.165) is 5.56 Å². The molecule has 0 aliphatic rings. The van der Waals surface area contributed by atoms with Gasteiger partial charge in [0.15, 0.2) is 0 Å². The molecular weight excluding hydrogens is 202 g/mol. The lowest BCUT2D eigenvalue weighted by molar-refractivity contribution is 0.0910. The van der Waals surface area contributed by atoms with Crippen LogP contribution >= 0.6 is 0 Å². The molecule has 1 rings (SSSR count). The van der Waals surface area contributed by atoms with Gasteiger partial charge in [0.25, 0.3) is 5.91 Å². The van der Waals surface area contributed by atoms with E-state index < -0.39 is 0 Å². The van der Waals surface area contributed by atoms with Crippen LogP contribution in [0.15, 0.2) is 24.3 Å². The molecule has 0 radical (unpaired) electrons. The maximum Gasteiger partial charge on any atom is 0.251 e. The van der Waals surface area contributed by atoms with Gasteiger partial charge in [-0.3, -0.25) is 4.79 Å². The molecule has 3 nitrogen and oxygen atoms in total. The molecule has 0 fully saturated rings. The van der Waals surface area contributed by atoms with Crippen molar-refractivity contribution in [1.82, 2.24) is 5.32 Å². The summed E-state index contributed by atoms with van der Waals surface area (Å²) in [5.41, 5.74) is 1.37. The fraction of sp³-hybridized carbons (Fsp3) is 0.462. The second-order valence-corrected chi connectivity index (χ2v) is 4.82. The summed E-state index contributed by atoms with van der Waals surface area (Å²) >= 11 is 0. The van der Waals surface area contributed by atoms with Crippen LogP contribution in [-0.2, 0) is 0 Å². The summed E-state index contributed by atoms with van der Waals surface area (Å²) in [6.45, 7) is 6.25. The number of aliphatic hydroxyl groups excluding tert-OH is 1. The monoisotopic (exact) mass is 221 g/mol. The third kappa shape index (κ3) is 3.35. The summed E-state index contributed by atoms with van der Waals surface area (Å²) in [5, 5.41) is 11.9. The van der Waals surface area contributed by atoms with Crippen LogP contribution in [0.4, 0.5) is 0 Å². The second-order valence-electron chi connectivity index (χ2n) is 4.82. The molecule has 1 aromatic carbocycles. The average Bonchev–Trinajstić information content (AvgIpc) is 2.27. The molecular formula is C13H19NO2. The lowest BCUT2D eigenvalue weighted by Crippen LogP contribution is -2.36. The zero-order valence-corrected chi connectivity index (χ0v) is 10.1. The standard InChI is InChI=1S/C13H19NO2/c1-10-6-4-5-7-11(10)12(16)14-8-13(2,3)9-15/h4-7,15H,8-9H2,1-3H3,(H,14,16). The minimum atomic E-state index is -0.279. The summed E-state index contributed by atoms with van der Waals surface area (Å²) in [6.07, 6.45) is 0. The lowest BCUT2D eigenvalue weighted by atomic mass is 9.95. The maximum atomic E-state index is 11.8. The van der Waals surface area contributed by atoms with Crippen LogP contribution < -0.4 is 5.32 Å². The molecule has 0 aliphatic carbocycles. The van der Waals surface area contributed by atoms with Crippen LogP contribution in [0, 0.1) is 12.3 Å². The number of hydrogen-bond donors (Lipinski definition) is 2. The number of carbonyl (C=O) groups excluding carboxylic acids is 1. The molecule has 0 aliphatic heterocycles. The van der Waals surface area contributed by atoms with E-state index in [1.54, 1.807) is 6.07 Å². The summed E-state index contributed by atoms with van der Waals surface area (Å²) in [6, 6.07) is 7.46. The highest BCUT2D eigenvalue weighted by molar-refractivity contribution is 5.95. The first-order valence-electron chi connectivity index (χ1n) is 5.41. The van der Waals surface area contributed by atoms with Crippen molar-refractivity contribution in [1.29, 1.82) is 0 Å². The Kier molecular flexibility index (Phi) is 4.07.